The minimum absolute atomic E-state index is 0.250. The summed E-state index contributed by atoms with van der Waals surface area (Å²) >= 11 is 0. The summed E-state index contributed by atoms with van der Waals surface area (Å²) in [6.45, 7) is 3.64. The fraction of sp³-hybridized carbons (Fsp3) is 0.682. The highest BCUT2D eigenvalue weighted by Gasteiger charge is 2.32. The van der Waals surface area contributed by atoms with Crippen LogP contribution >= 0.6 is 0 Å². The lowest BCUT2D eigenvalue weighted by Crippen LogP contribution is -2.39. The van der Waals surface area contributed by atoms with Crippen LogP contribution in [0.5, 0.6) is 0 Å². The first-order valence-corrected chi connectivity index (χ1v) is 11.1. The molecule has 1 unspecified atom stereocenters. The molecule has 1 aromatic rings. The maximum Gasteiger partial charge on any atom is 0.451 e. The average molecular weight is 418 g/mol. The Balaban J connectivity index is 0.00000101. The van der Waals surface area contributed by atoms with Crippen molar-refractivity contribution in [2.75, 3.05) is 31.2 Å². The number of benzene rings is 1. The summed E-state index contributed by atoms with van der Waals surface area (Å²) in [4.78, 5) is 18.7. The van der Waals surface area contributed by atoms with E-state index in [4.69, 9.17) is 30.1 Å². The Morgan fingerprint density at radius 3 is 2.50 bits per heavy atom. The van der Waals surface area contributed by atoms with Gasteiger partial charge in [0.25, 0.3) is 0 Å². The Morgan fingerprint density at radius 1 is 1.17 bits per heavy atom. The van der Waals surface area contributed by atoms with Gasteiger partial charge in [0, 0.05) is 24.8 Å². The number of hydrogen-bond acceptors (Lipinski definition) is 7. The number of anilines is 1. The molecule has 7 nitrogen and oxygen atoms in total. The van der Waals surface area contributed by atoms with E-state index in [0.717, 1.165) is 57.9 Å². The van der Waals surface area contributed by atoms with Crippen molar-refractivity contribution in [1.82, 2.24) is 0 Å². The van der Waals surface area contributed by atoms with E-state index in [2.05, 4.69) is 29.2 Å². The zero-order valence-electron chi connectivity index (χ0n) is 17.7. The van der Waals surface area contributed by atoms with Crippen LogP contribution in [0.1, 0.15) is 44.1 Å². The summed E-state index contributed by atoms with van der Waals surface area (Å²) in [5, 5.41) is 17.8. The van der Waals surface area contributed by atoms with E-state index in [1.54, 1.807) is 0 Å². The van der Waals surface area contributed by atoms with E-state index in [-0.39, 0.29) is 12.2 Å². The van der Waals surface area contributed by atoms with Gasteiger partial charge in [0.1, 0.15) is 0 Å². The molecule has 1 saturated heterocycles. The molecule has 1 aromatic carbocycles. The molecule has 30 heavy (non-hydrogen) atoms. The Morgan fingerprint density at radius 2 is 1.83 bits per heavy atom. The van der Waals surface area contributed by atoms with Gasteiger partial charge in [-0.1, -0.05) is 31.0 Å². The van der Waals surface area contributed by atoms with Crippen LogP contribution in [-0.4, -0.2) is 55.7 Å². The van der Waals surface area contributed by atoms with Gasteiger partial charge < -0.3 is 25.4 Å². The highest BCUT2D eigenvalue weighted by Crippen LogP contribution is 2.40. The largest absolute Gasteiger partial charge is 0.451 e. The van der Waals surface area contributed by atoms with Gasteiger partial charge in [-0.05, 0) is 61.9 Å². The molecule has 0 aromatic heterocycles. The summed E-state index contributed by atoms with van der Waals surface area (Å²) < 4.78 is 5.49. The smallest absolute Gasteiger partial charge is 0.427 e. The SMILES string of the molecule is NC(CCCCB(O)O)C1CC(CCc2ccccc2N2CCOCC2)C1.O=C=O. The monoisotopic (exact) mass is 418 g/mol. The van der Waals surface area contributed by atoms with Gasteiger partial charge in [-0.25, -0.2) is 0 Å². The first kappa shape index (κ1) is 24.6. The van der Waals surface area contributed by atoms with Crippen molar-refractivity contribution < 1.29 is 24.4 Å². The number of ether oxygens (including phenoxy) is 1. The second kappa shape index (κ2) is 13.6. The Hall–Kier alpha value is -1.70. The maximum absolute atomic E-state index is 8.89. The van der Waals surface area contributed by atoms with Crippen molar-refractivity contribution in [3.63, 3.8) is 0 Å². The number of carbonyl (C=O) groups excluding carboxylic acids is 2. The lowest BCUT2D eigenvalue weighted by atomic mass is 9.68. The van der Waals surface area contributed by atoms with E-state index < -0.39 is 7.12 Å². The number of hydrogen-bond donors (Lipinski definition) is 3. The maximum atomic E-state index is 8.89. The first-order valence-electron chi connectivity index (χ1n) is 11.1. The molecule has 1 heterocycles. The number of nitrogens with zero attached hydrogens (tertiary/aromatic N) is 1. The highest BCUT2D eigenvalue weighted by atomic mass is 16.5. The third-order valence-corrected chi connectivity index (χ3v) is 6.29. The summed E-state index contributed by atoms with van der Waals surface area (Å²) in [5.41, 5.74) is 9.20. The molecule has 1 aliphatic carbocycles. The molecule has 0 amide bonds. The van der Waals surface area contributed by atoms with Gasteiger partial charge in [0.05, 0.1) is 13.2 Å². The number of unbranched alkanes of at least 4 members (excludes halogenated alkanes) is 1. The normalized spacial score (nSPS) is 21.6. The molecule has 166 valence electrons. The number of aryl methyl sites for hydroxylation is 1. The fourth-order valence-corrected chi connectivity index (χ4v) is 4.51. The summed E-state index contributed by atoms with van der Waals surface area (Å²) in [7, 11) is -1.17. The lowest BCUT2D eigenvalue weighted by Gasteiger charge is -2.39. The molecule has 3 rings (SSSR count). The summed E-state index contributed by atoms with van der Waals surface area (Å²) in [6, 6.07) is 9.11. The van der Waals surface area contributed by atoms with Gasteiger partial charge in [-0.3, -0.25) is 0 Å². The van der Waals surface area contributed by atoms with Crippen LogP contribution in [0.4, 0.5) is 5.69 Å². The number of para-hydroxylation sites is 1. The molecular weight excluding hydrogens is 383 g/mol. The van der Waals surface area contributed by atoms with E-state index in [1.165, 1.54) is 30.5 Å². The van der Waals surface area contributed by atoms with Gasteiger partial charge in [0.15, 0.2) is 0 Å². The Labute approximate surface area is 179 Å². The Kier molecular flexibility index (Phi) is 11.1. The van der Waals surface area contributed by atoms with Gasteiger partial charge in [0.2, 0.25) is 0 Å². The standard InChI is InChI=1S/C21H35BN2O3.CO2/c23-20(6-3-4-10-22(25)26)19-15-17(16-19)8-9-18-5-1-2-7-21(18)24-11-13-27-14-12-24;2-1-3/h1-2,5,7,17,19-20,25-26H,3-4,6,8-16,23H2;. The van der Waals surface area contributed by atoms with Crippen LogP contribution in [0.25, 0.3) is 0 Å². The van der Waals surface area contributed by atoms with Crippen molar-refractivity contribution >= 4 is 19.0 Å². The first-order chi connectivity index (χ1) is 14.5. The molecule has 2 fully saturated rings. The molecule has 0 radical (unpaired) electrons. The number of nitrogens with two attached hydrogens (primary N) is 1. The van der Waals surface area contributed by atoms with Gasteiger partial charge in [-0.2, -0.15) is 9.59 Å². The van der Waals surface area contributed by atoms with E-state index in [9.17, 15) is 0 Å². The molecule has 0 bridgehead atoms. The quantitative estimate of drug-likeness (QED) is 0.393. The minimum Gasteiger partial charge on any atom is -0.427 e. The van der Waals surface area contributed by atoms with Crippen LogP contribution in [-0.2, 0) is 20.7 Å². The third-order valence-electron chi connectivity index (χ3n) is 6.29. The molecule has 0 spiro atoms. The van der Waals surface area contributed by atoms with Crippen LogP contribution in [0.2, 0.25) is 6.32 Å². The zero-order valence-corrected chi connectivity index (χ0v) is 17.7. The number of morpholine rings is 1. The van der Waals surface area contributed by atoms with E-state index in [0.29, 0.717) is 12.2 Å². The second-order valence-corrected chi connectivity index (χ2v) is 8.38. The van der Waals surface area contributed by atoms with Crippen LogP contribution in [0.3, 0.4) is 0 Å². The van der Waals surface area contributed by atoms with Crippen molar-refractivity contribution in [2.24, 2.45) is 17.6 Å². The van der Waals surface area contributed by atoms with Gasteiger partial charge in [-0.15, -0.1) is 0 Å². The van der Waals surface area contributed by atoms with Crippen molar-refractivity contribution in [1.29, 1.82) is 0 Å². The van der Waals surface area contributed by atoms with Crippen molar-refractivity contribution in [3.8, 4) is 0 Å². The van der Waals surface area contributed by atoms with Crippen LogP contribution in [0, 0.1) is 11.8 Å². The molecule has 1 atom stereocenters. The Bertz CT molecular complexity index is 642. The predicted molar refractivity (Wildman–Crippen MR) is 116 cm³/mol. The third kappa shape index (κ3) is 8.21. The molecule has 1 aliphatic heterocycles. The fourth-order valence-electron chi connectivity index (χ4n) is 4.51. The van der Waals surface area contributed by atoms with E-state index >= 15 is 0 Å². The highest BCUT2D eigenvalue weighted by molar-refractivity contribution is 6.40. The lowest BCUT2D eigenvalue weighted by molar-refractivity contribution is -0.191. The zero-order chi connectivity index (χ0) is 21.8. The van der Waals surface area contributed by atoms with Crippen LogP contribution in [0.15, 0.2) is 24.3 Å². The van der Waals surface area contributed by atoms with Crippen LogP contribution < -0.4 is 10.6 Å². The molecule has 1 saturated carbocycles. The summed E-state index contributed by atoms with van der Waals surface area (Å²) in [6.07, 6.45) is 8.46. The van der Waals surface area contributed by atoms with Crippen molar-refractivity contribution in [3.05, 3.63) is 29.8 Å². The second-order valence-electron chi connectivity index (χ2n) is 8.38. The molecule has 8 heteroatoms. The summed E-state index contributed by atoms with van der Waals surface area (Å²) in [5.74, 6) is 1.46. The topological polar surface area (TPSA) is 113 Å². The average Bonchev–Trinajstić information content (AvgIpc) is 2.71. The molecule has 4 N–H and O–H groups in total. The number of rotatable bonds is 10. The van der Waals surface area contributed by atoms with Crippen molar-refractivity contribution in [2.45, 2.75) is 57.3 Å². The predicted octanol–water partition coefficient (Wildman–Crippen LogP) is 1.87. The molecular formula is C22H35BN2O5. The van der Waals surface area contributed by atoms with Gasteiger partial charge >= 0.3 is 13.3 Å². The molecule has 2 aliphatic rings. The minimum atomic E-state index is -1.17. The van der Waals surface area contributed by atoms with E-state index in [1.807, 2.05) is 0 Å².